The number of ketones is 1. The topological polar surface area (TPSA) is 69.6 Å². The second-order valence-electron chi connectivity index (χ2n) is 8.01. The zero-order valence-corrected chi connectivity index (χ0v) is 19.4. The van der Waals surface area contributed by atoms with E-state index in [1.54, 1.807) is 7.11 Å². The number of aryl methyl sites for hydroxylation is 2. The van der Waals surface area contributed by atoms with Gasteiger partial charge in [-0.1, -0.05) is 23.8 Å². The smallest absolute Gasteiger partial charge is 0.212 e. The summed E-state index contributed by atoms with van der Waals surface area (Å²) in [5.74, 6) is 0.708. The van der Waals surface area contributed by atoms with Gasteiger partial charge in [0.2, 0.25) is 5.78 Å². The first-order valence-corrected chi connectivity index (χ1v) is 11.5. The monoisotopic (exact) mass is 453 g/mol. The van der Waals surface area contributed by atoms with E-state index in [4.69, 9.17) is 15.5 Å². The molecule has 5 aromatic rings. The van der Waals surface area contributed by atoms with Crippen LogP contribution in [0.4, 0.5) is 5.69 Å². The summed E-state index contributed by atoms with van der Waals surface area (Å²) in [6.45, 7) is 3.93. The minimum Gasteiger partial charge on any atom is -0.497 e. The number of nitrogens with two attached hydrogens (primary N) is 1. The Morgan fingerprint density at radius 3 is 2.61 bits per heavy atom. The van der Waals surface area contributed by atoms with Gasteiger partial charge in [0.25, 0.3) is 0 Å². The highest BCUT2D eigenvalue weighted by Crippen LogP contribution is 2.39. The summed E-state index contributed by atoms with van der Waals surface area (Å²) in [4.78, 5) is 18.5. The molecule has 0 fully saturated rings. The molecule has 0 saturated heterocycles. The van der Waals surface area contributed by atoms with Crippen molar-refractivity contribution in [2.45, 2.75) is 13.8 Å². The minimum atomic E-state index is -0.0897. The van der Waals surface area contributed by atoms with Crippen molar-refractivity contribution in [3.63, 3.8) is 0 Å². The second-order valence-corrected chi connectivity index (χ2v) is 8.87. The summed E-state index contributed by atoms with van der Waals surface area (Å²) < 4.78 is 7.13. The maximum absolute atomic E-state index is 13.7. The van der Waals surface area contributed by atoms with Crippen molar-refractivity contribution >= 4 is 28.3 Å². The van der Waals surface area contributed by atoms with Crippen LogP contribution in [0.5, 0.6) is 5.75 Å². The number of rotatable bonds is 5. The van der Waals surface area contributed by atoms with Crippen molar-refractivity contribution in [1.29, 1.82) is 0 Å². The Morgan fingerprint density at radius 1 is 1.06 bits per heavy atom. The average molecular weight is 454 g/mol. The van der Waals surface area contributed by atoms with Gasteiger partial charge in [-0.3, -0.25) is 4.79 Å². The highest BCUT2D eigenvalue weighted by atomic mass is 32.1. The maximum atomic E-state index is 13.7. The Bertz CT molecular complexity index is 1500. The Morgan fingerprint density at radius 2 is 1.85 bits per heavy atom. The molecule has 0 aliphatic rings. The van der Waals surface area contributed by atoms with E-state index in [-0.39, 0.29) is 5.78 Å². The standard InChI is InChI=1S/C27H23N3O2S/c1-16-7-8-17(2)20(14-16)26(31)25-24(28)23(22-6-4-5-13-30(22)25)27-29-21(15-33-27)18-9-11-19(32-3)12-10-18/h4-15H,28H2,1-3H3. The normalized spacial score (nSPS) is 11.1. The quantitative estimate of drug-likeness (QED) is 0.323. The van der Waals surface area contributed by atoms with E-state index in [2.05, 4.69) is 0 Å². The lowest BCUT2D eigenvalue weighted by Gasteiger charge is -2.08. The van der Waals surface area contributed by atoms with E-state index >= 15 is 0 Å². The van der Waals surface area contributed by atoms with Crippen LogP contribution in [0.15, 0.2) is 72.2 Å². The van der Waals surface area contributed by atoms with Crippen LogP contribution >= 0.6 is 11.3 Å². The molecule has 0 spiro atoms. The van der Waals surface area contributed by atoms with E-state index in [1.165, 1.54) is 11.3 Å². The van der Waals surface area contributed by atoms with Crippen molar-refractivity contribution in [3.05, 3.63) is 94.6 Å². The van der Waals surface area contributed by atoms with Gasteiger partial charge in [0.05, 0.1) is 29.6 Å². The third-order valence-electron chi connectivity index (χ3n) is 5.84. The molecule has 5 nitrogen and oxygen atoms in total. The highest BCUT2D eigenvalue weighted by Gasteiger charge is 2.25. The summed E-state index contributed by atoms with van der Waals surface area (Å²) >= 11 is 1.52. The Balaban J connectivity index is 1.65. The average Bonchev–Trinajstić information content (AvgIpc) is 3.42. The molecule has 0 aliphatic carbocycles. The lowest BCUT2D eigenvalue weighted by atomic mass is 9.99. The molecule has 3 heterocycles. The van der Waals surface area contributed by atoms with Crippen LogP contribution in [-0.4, -0.2) is 22.3 Å². The number of pyridine rings is 1. The first kappa shape index (κ1) is 21.0. The van der Waals surface area contributed by atoms with Crippen LogP contribution in [0, 0.1) is 13.8 Å². The van der Waals surface area contributed by atoms with Gasteiger partial charge in [0, 0.05) is 22.7 Å². The molecule has 0 atom stereocenters. The minimum absolute atomic E-state index is 0.0897. The van der Waals surface area contributed by atoms with Crippen LogP contribution in [0.25, 0.3) is 27.3 Å². The van der Waals surface area contributed by atoms with Crippen LogP contribution in [0.1, 0.15) is 27.2 Å². The first-order chi connectivity index (χ1) is 16.0. The fraction of sp³-hybridized carbons (Fsp3) is 0.111. The summed E-state index contributed by atoms with van der Waals surface area (Å²) in [5, 5.41) is 2.79. The van der Waals surface area contributed by atoms with Crippen LogP contribution in [0.3, 0.4) is 0 Å². The number of fused-ring (bicyclic) bond motifs is 1. The first-order valence-electron chi connectivity index (χ1n) is 10.6. The molecule has 5 rings (SSSR count). The molecule has 164 valence electrons. The van der Waals surface area contributed by atoms with Crippen molar-refractivity contribution < 1.29 is 9.53 Å². The Hall–Kier alpha value is -3.90. The fourth-order valence-electron chi connectivity index (χ4n) is 4.08. The molecule has 0 aliphatic heterocycles. The van der Waals surface area contributed by atoms with Crippen LogP contribution in [-0.2, 0) is 0 Å². The molecule has 0 amide bonds. The zero-order chi connectivity index (χ0) is 23.1. The predicted molar refractivity (Wildman–Crippen MR) is 134 cm³/mol. The number of nitrogens with zero attached hydrogens (tertiary/aromatic N) is 2. The number of nitrogen functional groups attached to an aromatic ring is 1. The predicted octanol–water partition coefficient (Wildman–Crippen LogP) is 6.17. The maximum Gasteiger partial charge on any atom is 0.212 e. The van der Waals surface area contributed by atoms with Gasteiger partial charge in [-0.25, -0.2) is 4.98 Å². The van der Waals surface area contributed by atoms with Gasteiger partial charge < -0.3 is 14.9 Å². The van der Waals surface area contributed by atoms with Crippen molar-refractivity contribution in [1.82, 2.24) is 9.38 Å². The third kappa shape index (κ3) is 3.58. The number of hydrogen-bond donors (Lipinski definition) is 1. The van der Waals surface area contributed by atoms with E-state index in [0.717, 1.165) is 44.2 Å². The number of thiazole rings is 1. The summed E-state index contributed by atoms with van der Waals surface area (Å²) in [6, 6.07) is 19.5. The van der Waals surface area contributed by atoms with Gasteiger partial charge in [-0.2, -0.15) is 0 Å². The van der Waals surface area contributed by atoms with Gasteiger partial charge in [-0.15, -0.1) is 11.3 Å². The van der Waals surface area contributed by atoms with E-state index in [0.29, 0.717) is 16.9 Å². The van der Waals surface area contributed by atoms with Gasteiger partial charge >= 0.3 is 0 Å². The highest BCUT2D eigenvalue weighted by molar-refractivity contribution is 7.13. The number of ether oxygens (including phenoxy) is 1. The van der Waals surface area contributed by atoms with Gasteiger partial charge in [0.1, 0.15) is 16.5 Å². The lowest BCUT2D eigenvalue weighted by Crippen LogP contribution is -2.09. The molecular formula is C27H23N3O2S. The molecule has 2 N–H and O–H groups in total. The number of aromatic nitrogens is 2. The Labute approximate surface area is 196 Å². The number of carbonyl (C=O) groups excluding carboxylic acids is 1. The lowest BCUT2D eigenvalue weighted by molar-refractivity contribution is 0.103. The number of benzene rings is 2. The molecular weight excluding hydrogens is 430 g/mol. The van der Waals surface area contributed by atoms with Crippen molar-refractivity contribution in [3.8, 4) is 27.6 Å². The molecule has 2 aromatic carbocycles. The van der Waals surface area contributed by atoms with Crippen molar-refractivity contribution in [2.24, 2.45) is 0 Å². The van der Waals surface area contributed by atoms with Crippen molar-refractivity contribution in [2.75, 3.05) is 12.8 Å². The van der Waals surface area contributed by atoms with E-state index in [1.807, 2.05) is 90.5 Å². The molecule has 0 unspecified atom stereocenters. The summed E-state index contributed by atoms with van der Waals surface area (Å²) in [7, 11) is 1.65. The molecule has 6 heteroatoms. The summed E-state index contributed by atoms with van der Waals surface area (Å²) in [6.07, 6.45) is 1.88. The number of hydrogen-bond acceptors (Lipinski definition) is 5. The Kier molecular flexibility index (Phi) is 5.23. The van der Waals surface area contributed by atoms with Crippen LogP contribution < -0.4 is 10.5 Å². The van der Waals surface area contributed by atoms with Crippen LogP contribution in [0.2, 0.25) is 0 Å². The molecule has 3 aromatic heterocycles. The summed E-state index contributed by atoms with van der Waals surface area (Å²) in [5.41, 5.74) is 13.7. The number of anilines is 1. The molecule has 0 radical (unpaired) electrons. The number of carbonyl (C=O) groups is 1. The third-order valence-corrected chi connectivity index (χ3v) is 6.70. The van der Waals surface area contributed by atoms with E-state index in [9.17, 15) is 4.79 Å². The number of methoxy groups -OCH3 is 1. The van der Waals surface area contributed by atoms with Gasteiger partial charge in [0.15, 0.2) is 0 Å². The van der Waals surface area contributed by atoms with Gasteiger partial charge in [-0.05, 0) is 61.9 Å². The molecule has 0 saturated carbocycles. The van der Waals surface area contributed by atoms with E-state index < -0.39 is 0 Å². The molecule has 0 bridgehead atoms. The zero-order valence-electron chi connectivity index (χ0n) is 18.6. The second kappa shape index (κ2) is 8.22. The SMILES string of the molecule is COc1ccc(-c2csc(-c3c(N)c(C(=O)c4cc(C)ccc4C)n4ccccc34)n2)cc1. The largest absolute Gasteiger partial charge is 0.497 e. The fourth-order valence-corrected chi connectivity index (χ4v) is 4.97. The molecule has 33 heavy (non-hydrogen) atoms.